The number of para-hydroxylation sites is 1. The minimum Gasteiger partial charge on any atom is -0.373 e. The number of nitrogens with zero attached hydrogens (tertiary/aromatic N) is 4. The molecule has 6 rings (SSSR count). The first-order valence-corrected chi connectivity index (χ1v) is 16.8. The number of carbonyl (C=O) groups is 2. The monoisotopic (exact) mass is 657 g/mol. The second-order valence-electron chi connectivity index (χ2n) is 13.3. The molecule has 5 aromatic rings. The predicted molar refractivity (Wildman–Crippen MR) is 190 cm³/mol. The number of aryl methyl sites for hydroxylation is 1. The third-order valence-electron chi connectivity index (χ3n) is 8.87. The van der Waals surface area contributed by atoms with Crippen molar-refractivity contribution in [3.8, 4) is 22.5 Å². The van der Waals surface area contributed by atoms with Crippen LogP contribution in [-0.4, -0.2) is 56.7 Å². The molecule has 0 fully saturated rings. The number of hydrogen-bond donors (Lipinski definition) is 3. The van der Waals surface area contributed by atoms with E-state index < -0.39 is 11.6 Å². The summed E-state index contributed by atoms with van der Waals surface area (Å²) < 4.78 is 6.00. The van der Waals surface area contributed by atoms with Gasteiger partial charge in [-0.05, 0) is 77.9 Å². The van der Waals surface area contributed by atoms with Crippen LogP contribution in [0.15, 0.2) is 103 Å². The van der Waals surface area contributed by atoms with Crippen molar-refractivity contribution >= 4 is 17.5 Å². The van der Waals surface area contributed by atoms with Gasteiger partial charge in [0.15, 0.2) is 5.82 Å². The molecule has 0 bridgehead atoms. The molecule has 0 saturated heterocycles. The van der Waals surface area contributed by atoms with Gasteiger partial charge in [0.25, 0.3) is 0 Å². The molecule has 0 radical (unpaired) electrons. The maximum Gasteiger partial charge on any atom is 0.249 e. The Balaban J connectivity index is 1.10. The van der Waals surface area contributed by atoms with E-state index >= 15 is 0 Å². The fourth-order valence-electron chi connectivity index (χ4n) is 6.20. The lowest BCUT2D eigenvalue weighted by Gasteiger charge is -2.30. The van der Waals surface area contributed by atoms with Crippen molar-refractivity contribution in [2.45, 2.75) is 70.9 Å². The molecule has 49 heavy (non-hydrogen) atoms. The summed E-state index contributed by atoms with van der Waals surface area (Å²) in [6.45, 7) is 7.53. The average molecular weight is 658 g/mol. The maximum absolute atomic E-state index is 14.1. The van der Waals surface area contributed by atoms with Gasteiger partial charge in [-0.15, -0.1) is 5.10 Å². The highest BCUT2D eigenvalue weighted by Crippen LogP contribution is 2.32. The second kappa shape index (κ2) is 15.4. The number of fused-ring (bicyclic) bond motifs is 1. The molecule has 0 spiro atoms. The quantitative estimate of drug-likeness (QED) is 0.145. The molecule has 2 amide bonds. The molecular weight excluding hydrogens is 614 g/mol. The van der Waals surface area contributed by atoms with Gasteiger partial charge in [0.05, 0.1) is 19.3 Å². The van der Waals surface area contributed by atoms with E-state index in [0.29, 0.717) is 38.4 Å². The van der Waals surface area contributed by atoms with Crippen LogP contribution < -0.4 is 15.5 Å². The van der Waals surface area contributed by atoms with Crippen LogP contribution in [-0.2, 0) is 33.9 Å². The minimum atomic E-state index is -0.634. The zero-order valence-electron chi connectivity index (χ0n) is 28.2. The summed E-state index contributed by atoms with van der Waals surface area (Å²) in [4.78, 5) is 29.3. The molecule has 10 nitrogen and oxygen atoms in total. The molecule has 1 aliphatic heterocycles. The fraction of sp³-hybridized carbons (Fsp3) is 0.308. The Morgan fingerprint density at radius 2 is 1.65 bits per heavy atom. The molecule has 1 aromatic heterocycles. The summed E-state index contributed by atoms with van der Waals surface area (Å²) in [7, 11) is 0. The molecule has 2 atom stereocenters. The number of aromatic amines is 1. The van der Waals surface area contributed by atoms with E-state index in [1.54, 1.807) is 0 Å². The van der Waals surface area contributed by atoms with Gasteiger partial charge in [-0.2, -0.15) is 0 Å². The van der Waals surface area contributed by atoms with Crippen molar-refractivity contribution in [2.75, 3.05) is 11.4 Å². The number of carbonyl (C=O) groups excluding carboxylic acids is 2. The number of hydrogen-bond acceptors (Lipinski definition) is 7. The summed E-state index contributed by atoms with van der Waals surface area (Å²) in [6.07, 6.45) is 1.41. The van der Waals surface area contributed by atoms with E-state index in [9.17, 15) is 9.59 Å². The van der Waals surface area contributed by atoms with E-state index in [1.165, 1.54) is 0 Å². The van der Waals surface area contributed by atoms with Crippen molar-refractivity contribution < 1.29 is 14.3 Å². The molecule has 252 valence electrons. The van der Waals surface area contributed by atoms with Gasteiger partial charge in [0, 0.05) is 29.8 Å². The molecule has 10 heteroatoms. The Morgan fingerprint density at radius 3 is 2.41 bits per heavy atom. The smallest absolute Gasteiger partial charge is 0.249 e. The number of aromatic nitrogens is 4. The molecule has 1 aliphatic rings. The van der Waals surface area contributed by atoms with E-state index in [2.05, 4.69) is 37.3 Å². The first-order chi connectivity index (χ1) is 23.8. The van der Waals surface area contributed by atoms with Crippen molar-refractivity contribution in [2.24, 2.45) is 0 Å². The third-order valence-corrected chi connectivity index (χ3v) is 8.87. The number of ether oxygens (including phenoxy) is 1. The van der Waals surface area contributed by atoms with Crippen molar-refractivity contribution in [1.82, 2.24) is 31.3 Å². The fourth-order valence-corrected chi connectivity index (χ4v) is 6.20. The van der Waals surface area contributed by atoms with Crippen LogP contribution in [0.3, 0.4) is 0 Å². The van der Waals surface area contributed by atoms with E-state index in [1.807, 2.05) is 123 Å². The summed E-state index contributed by atoms with van der Waals surface area (Å²) in [5, 5.41) is 20.9. The highest BCUT2D eigenvalue weighted by molar-refractivity contribution is 6.00. The minimum absolute atomic E-state index is 0.0348. The molecular formula is C39H43N7O3. The van der Waals surface area contributed by atoms with Crippen LogP contribution in [0.4, 0.5) is 5.69 Å². The molecule has 2 heterocycles. The largest absolute Gasteiger partial charge is 0.373 e. The van der Waals surface area contributed by atoms with Crippen molar-refractivity contribution in [3.63, 3.8) is 0 Å². The first kappa shape index (κ1) is 33.7. The van der Waals surface area contributed by atoms with Crippen molar-refractivity contribution in [1.29, 1.82) is 0 Å². The number of tetrazole rings is 1. The van der Waals surface area contributed by atoms with Gasteiger partial charge in [0.2, 0.25) is 11.8 Å². The lowest BCUT2D eigenvalue weighted by Crippen LogP contribution is -2.51. The number of amides is 2. The van der Waals surface area contributed by atoms with Crippen LogP contribution in [0.5, 0.6) is 0 Å². The van der Waals surface area contributed by atoms with Gasteiger partial charge in [-0.25, -0.2) is 5.10 Å². The summed E-state index contributed by atoms with van der Waals surface area (Å²) in [5.74, 6) is 0.324. The Hall–Kier alpha value is -5.19. The molecule has 4 aromatic carbocycles. The second-order valence-corrected chi connectivity index (χ2v) is 13.3. The summed E-state index contributed by atoms with van der Waals surface area (Å²) in [6, 6.07) is 33.6. The van der Waals surface area contributed by atoms with Crippen molar-refractivity contribution in [3.05, 3.63) is 120 Å². The Labute approximate surface area is 287 Å². The Kier molecular flexibility index (Phi) is 10.6. The van der Waals surface area contributed by atoms with Crippen LogP contribution in [0.2, 0.25) is 0 Å². The maximum atomic E-state index is 14.1. The standard InChI is InChI=1S/C39H43N7O3/c1-27(49-26-29-11-5-4-6-12-29)24-40-39(2,3)23-36(47)41-34-22-21-31-13-7-10-16-35(31)46(38(34)48)25-28-17-19-30(20-18-28)32-14-8-9-15-33(32)37-42-44-45-43-37/h4-20,27,34,40H,21-26H2,1-3H3,(H,41,47)(H,42,43,44,45)/t27-,34-/m1/s1. The number of nitrogens with one attached hydrogen (secondary N) is 3. The lowest BCUT2D eigenvalue weighted by atomic mass is 9.98. The van der Waals surface area contributed by atoms with E-state index in [-0.39, 0.29) is 24.3 Å². The number of H-pyrrole nitrogens is 1. The molecule has 0 saturated carbocycles. The highest BCUT2D eigenvalue weighted by Gasteiger charge is 2.33. The van der Waals surface area contributed by atoms with Crippen LogP contribution in [0, 0.1) is 0 Å². The van der Waals surface area contributed by atoms with Crippen LogP contribution in [0.25, 0.3) is 22.5 Å². The third kappa shape index (κ3) is 8.65. The van der Waals surface area contributed by atoms with Crippen LogP contribution >= 0.6 is 0 Å². The highest BCUT2D eigenvalue weighted by atomic mass is 16.5. The Morgan fingerprint density at radius 1 is 0.939 bits per heavy atom. The Bertz CT molecular complexity index is 1840. The van der Waals surface area contributed by atoms with Gasteiger partial charge < -0.3 is 20.3 Å². The van der Waals surface area contributed by atoms with Gasteiger partial charge in [-0.1, -0.05) is 97.1 Å². The lowest BCUT2D eigenvalue weighted by molar-refractivity contribution is -0.128. The van der Waals surface area contributed by atoms with Gasteiger partial charge in [0.1, 0.15) is 6.04 Å². The summed E-state index contributed by atoms with van der Waals surface area (Å²) in [5.41, 5.74) is 6.49. The van der Waals surface area contributed by atoms with Crippen LogP contribution in [0.1, 0.15) is 50.3 Å². The molecule has 0 unspecified atom stereocenters. The zero-order valence-corrected chi connectivity index (χ0v) is 28.2. The number of anilines is 1. The topological polar surface area (TPSA) is 125 Å². The number of benzene rings is 4. The van der Waals surface area contributed by atoms with E-state index in [0.717, 1.165) is 39.1 Å². The van der Waals surface area contributed by atoms with Gasteiger partial charge in [-0.3, -0.25) is 9.59 Å². The van der Waals surface area contributed by atoms with Gasteiger partial charge >= 0.3 is 0 Å². The average Bonchev–Trinajstić information content (AvgIpc) is 3.62. The predicted octanol–water partition coefficient (Wildman–Crippen LogP) is 5.86. The number of rotatable bonds is 13. The SMILES string of the molecule is C[C@H](CNC(C)(C)CC(=O)N[C@@H]1CCc2ccccc2N(Cc2ccc(-c3ccccc3-c3nnn[nH]3)cc2)C1=O)OCc1ccccc1. The molecule has 3 N–H and O–H groups in total. The summed E-state index contributed by atoms with van der Waals surface area (Å²) >= 11 is 0. The zero-order chi connectivity index (χ0) is 34.2. The normalized spacial score (nSPS) is 15.4. The van der Waals surface area contributed by atoms with E-state index in [4.69, 9.17) is 4.74 Å². The molecule has 0 aliphatic carbocycles. The first-order valence-electron chi connectivity index (χ1n) is 16.8.